The van der Waals surface area contributed by atoms with Crippen LogP contribution in [0.1, 0.15) is 17.5 Å². The SMILES string of the molecule is CCOc1ccc2c(=O)cc(C(=O)O)oc2c1. The molecule has 88 valence electrons. The molecule has 17 heavy (non-hydrogen) atoms. The van der Waals surface area contributed by atoms with E-state index in [-0.39, 0.29) is 16.8 Å². The van der Waals surface area contributed by atoms with E-state index in [2.05, 4.69) is 0 Å². The monoisotopic (exact) mass is 234 g/mol. The summed E-state index contributed by atoms with van der Waals surface area (Å²) in [5.41, 5.74) is -0.174. The van der Waals surface area contributed by atoms with E-state index < -0.39 is 5.97 Å². The van der Waals surface area contributed by atoms with Crippen LogP contribution in [0.4, 0.5) is 0 Å². The fraction of sp³-hybridized carbons (Fsp3) is 0.167. The molecule has 0 unspecified atom stereocenters. The third-order valence-corrected chi connectivity index (χ3v) is 2.22. The summed E-state index contributed by atoms with van der Waals surface area (Å²) >= 11 is 0. The molecule has 0 saturated heterocycles. The summed E-state index contributed by atoms with van der Waals surface area (Å²) in [6, 6.07) is 5.67. The first-order chi connectivity index (χ1) is 8.11. The minimum Gasteiger partial charge on any atom is -0.494 e. The molecular formula is C12H10O5. The molecule has 0 aliphatic heterocycles. The highest BCUT2D eigenvalue weighted by molar-refractivity contribution is 5.87. The van der Waals surface area contributed by atoms with E-state index in [9.17, 15) is 9.59 Å². The van der Waals surface area contributed by atoms with Crippen LogP contribution in [0.5, 0.6) is 5.75 Å². The minimum absolute atomic E-state index is 0.209. The summed E-state index contributed by atoms with van der Waals surface area (Å²) in [5, 5.41) is 9.11. The molecule has 0 saturated carbocycles. The second kappa shape index (κ2) is 4.29. The quantitative estimate of drug-likeness (QED) is 0.877. The van der Waals surface area contributed by atoms with Crippen LogP contribution >= 0.6 is 0 Å². The molecule has 0 atom stereocenters. The molecule has 2 aromatic rings. The molecule has 1 aromatic heterocycles. The zero-order valence-electron chi connectivity index (χ0n) is 9.10. The van der Waals surface area contributed by atoms with Gasteiger partial charge in [-0.05, 0) is 19.1 Å². The Labute approximate surface area is 96.2 Å². The Bertz CT molecular complexity index is 626. The topological polar surface area (TPSA) is 76.7 Å². The van der Waals surface area contributed by atoms with Crippen LogP contribution in [0.15, 0.2) is 33.5 Å². The highest BCUT2D eigenvalue weighted by Gasteiger charge is 2.11. The number of hydrogen-bond donors (Lipinski definition) is 1. The number of hydrogen-bond acceptors (Lipinski definition) is 4. The normalized spacial score (nSPS) is 10.4. The van der Waals surface area contributed by atoms with Crippen LogP contribution in [0.2, 0.25) is 0 Å². The number of fused-ring (bicyclic) bond motifs is 1. The average molecular weight is 234 g/mol. The Morgan fingerprint density at radius 3 is 2.82 bits per heavy atom. The van der Waals surface area contributed by atoms with Crippen LogP contribution in [0, 0.1) is 0 Å². The molecule has 0 aliphatic carbocycles. The maximum absolute atomic E-state index is 11.6. The number of ether oxygens (including phenoxy) is 1. The van der Waals surface area contributed by atoms with Gasteiger partial charge in [-0.25, -0.2) is 4.79 Å². The van der Waals surface area contributed by atoms with E-state index in [4.69, 9.17) is 14.3 Å². The fourth-order valence-corrected chi connectivity index (χ4v) is 1.50. The van der Waals surface area contributed by atoms with Crippen molar-refractivity contribution in [3.63, 3.8) is 0 Å². The maximum Gasteiger partial charge on any atom is 0.371 e. The van der Waals surface area contributed by atoms with E-state index in [1.54, 1.807) is 12.1 Å². The molecule has 2 rings (SSSR count). The van der Waals surface area contributed by atoms with Crippen molar-refractivity contribution in [2.24, 2.45) is 0 Å². The van der Waals surface area contributed by atoms with Crippen LogP contribution in [-0.4, -0.2) is 17.7 Å². The van der Waals surface area contributed by atoms with Gasteiger partial charge in [0.25, 0.3) is 0 Å². The Morgan fingerprint density at radius 1 is 1.41 bits per heavy atom. The fourth-order valence-electron chi connectivity index (χ4n) is 1.50. The van der Waals surface area contributed by atoms with Crippen molar-refractivity contribution >= 4 is 16.9 Å². The molecule has 5 heteroatoms. The van der Waals surface area contributed by atoms with Gasteiger partial charge in [0.15, 0.2) is 5.43 Å². The van der Waals surface area contributed by atoms with Gasteiger partial charge in [-0.3, -0.25) is 4.79 Å². The lowest BCUT2D eigenvalue weighted by molar-refractivity contribution is 0.0663. The lowest BCUT2D eigenvalue weighted by atomic mass is 10.2. The smallest absolute Gasteiger partial charge is 0.371 e. The van der Waals surface area contributed by atoms with E-state index >= 15 is 0 Å². The Morgan fingerprint density at radius 2 is 2.18 bits per heavy atom. The lowest BCUT2D eigenvalue weighted by Gasteiger charge is -2.04. The molecule has 0 spiro atoms. The van der Waals surface area contributed by atoms with Crippen molar-refractivity contribution in [1.29, 1.82) is 0 Å². The molecule has 1 heterocycles. The van der Waals surface area contributed by atoms with Crippen LogP contribution in [0.3, 0.4) is 0 Å². The lowest BCUT2D eigenvalue weighted by Crippen LogP contribution is -2.06. The number of aromatic carboxylic acids is 1. The van der Waals surface area contributed by atoms with Crippen molar-refractivity contribution in [3.8, 4) is 5.75 Å². The van der Waals surface area contributed by atoms with Crippen LogP contribution in [-0.2, 0) is 0 Å². The Kier molecular flexibility index (Phi) is 2.82. The average Bonchev–Trinajstić information content (AvgIpc) is 2.28. The maximum atomic E-state index is 11.6. The number of carboxylic acid groups (broad SMARTS) is 1. The van der Waals surface area contributed by atoms with Crippen molar-refractivity contribution in [2.45, 2.75) is 6.92 Å². The van der Waals surface area contributed by atoms with E-state index in [1.165, 1.54) is 6.07 Å². The first kappa shape index (κ1) is 11.2. The van der Waals surface area contributed by atoms with Gasteiger partial charge in [0, 0.05) is 12.1 Å². The number of carboxylic acids is 1. The van der Waals surface area contributed by atoms with Gasteiger partial charge in [0.05, 0.1) is 12.0 Å². The third kappa shape index (κ3) is 2.13. The van der Waals surface area contributed by atoms with Crippen molar-refractivity contribution in [1.82, 2.24) is 0 Å². The van der Waals surface area contributed by atoms with Gasteiger partial charge < -0.3 is 14.3 Å². The minimum atomic E-state index is -1.27. The van der Waals surface area contributed by atoms with Gasteiger partial charge in [-0.1, -0.05) is 0 Å². The van der Waals surface area contributed by atoms with Gasteiger partial charge in [-0.15, -0.1) is 0 Å². The molecule has 0 fully saturated rings. The largest absolute Gasteiger partial charge is 0.494 e. The second-order valence-corrected chi connectivity index (χ2v) is 3.37. The number of rotatable bonds is 3. The van der Waals surface area contributed by atoms with Crippen LogP contribution < -0.4 is 10.2 Å². The molecule has 0 radical (unpaired) electrons. The van der Waals surface area contributed by atoms with Crippen molar-refractivity contribution < 1.29 is 19.1 Å². The summed E-state index contributed by atoms with van der Waals surface area (Å²) in [5.74, 6) is -1.12. The first-order valence-electron chi connectivity index (χ1n) is 5.06. The second-order valence-electron chi connectivity index (χ2n) is 3.37. The van der Waals surface area contributed by atoms with Crippen molar-refractivity contribution in [3.05, 3.63) is 40.2 Å². The molecule has 1 aromatic carbocycles. The molecule has 0 aliphatic rings. The molecule has 5 nitrogen and oxygen atoms in total. The first-order valence-corrected chi connectivity index (χ1v) is 5.06. The summed E-state index contributed by atoms with van der Waals surface area (Å²) in [7, 11) is 0. The summed E-state index contributed by atoms with van der Waals surface area (Å²) < 4.78 is 10.4. The highest BCUT2D eigenvalue weighted by Crippen LogP contribution is 2.19. The van der Waals surface area contributed by atoms with Gasteiger partial charge in [0.2, 0.25) is 5.76 Å². The summed E-state index contributed by atoms with van der Waals surface area (Å²) in [6.07, 6.45) is 0. The molecular weight excluding hydrogens is 224 g/mol. The predicted molar refractivity (Wildman–Crippen MR) is 60.6 cm³/mol. The summed E-state index contributed by atoms with van der Waals surface area (Å²) in [4.78, 5) is 22.4. The Balaban J connectivity index is 2.66. The van der Waals surface area contributed by atoms with Gasteiger partial charge >= 0.3 is 5.97 Å². The molecule has 0 bridgehead atoms. The molecule has 1 N–H and O–H groups in total. The number of benzene rings is 1. The zero-order valence-corrected chi connectivity index (χ0v) is 9.10. The van der Waals surface area contributed by atoms with E-state index in [0.717, 1.165) is 6.07 Å². The van der Waals surface area contributed by atoms with E-state index in [0.29, 0.717) is 17.7 Å². The van der Waals surface area contributed by atoms with Gasteiger partial charge in [0.1, 0.15) is 11.3 Å². The highest BCUT2D eigenvalue weighted by atomic mass is 16.5. The summed E-state index contributed by atoms with van der Waals surface area (Å²) in [6.45, 7) is 2.31. The Hall–Kier alpha value is -2.30. The van der Waals surface area contributed by atoms with Gasteiger partial charge in [-0.2, -0.15) is 0 Å². The predicted octanol–water partition coefficient (Wildman–Crippen LogP) is 1.89. The van der Waals surface area contributed by atoms with E-state index in [1.807, 2.05) is 6.92 Å². The van der Waals surface area contributed by atoms with Crippen molar-refractivity contribution in [2.75, 3.05) is 6.61 Å². The van der Waals surface area contributed by atoms with Crippen LogP contribution in [0.25, 0.3) is 11.0 Å². The third-order valence-electron chi connectivity index (χ3n) is 2.22. The number of carbonyl (C=O) groups is 1. The standard InChI is InChI=1S/C12H10O5/c1-2-16-7-3-4-8-9(13)6-11(12(14)15)17-10(8)5-7/h3-6H,2H2,1H3,(H,14,15). The molecule has 0 amide bonds. The zero-order chi connectivity index (χ0) is 12.4.